The minimum atomic E-state index is -0.150. The predicted octanol–water partition coefficient (Wildman–Crippen LogP) is 23.1. The maximum Gasteiger partial charge on any atom is 0.0464 e. The smallest absolute Gasteiger partial charge is 0.0464 e. The molecule has 1 atom stereocenters. The fourth-order valence-corrected chi connectivity index (χ4v) is 14.2. The summed E-state index contributed by atoms with van der Waals surface area (Å²) in [6, 6.07) is 81.5. The van der Waals surface area contributed by atoms with Crippen molar-refractivity contribution in [3.05, 3.63) is 288 Å². The van der Waals surface area contributed by atoms with Gasteiger partial charge in [-0.2, -0.15) is 0 Å². The fourth-order valence-electron chi connectivity index (χ4n) is 14.2. The van der Waals surface area contributed by atoms with Gasteiger partial charge in [-0.05, 0) is 263 Å². The quantitative estimate of drug-likeness (QED) is 0.0588. The summed E-state index contributed by atoms with van der Waals surface area (Å²) in [6.07, 6.45) is 13.9. The van der Waals surface area contributed by atoms with E-state index >= 15 is 0 Å². The number of allylic oxidation sites excluding steroid dienone is 2. The van der Waals surface area contributed by atoms with Gasteiger partial charge in [0.1, 0.15) is 0 Å². The molecule has 0 spiro atoms. The summed E-state index contributed by atoms with van der Waals surface area (Å²) in [7, 11) is 0. The molecule has 2 nitrogen and oxygen atoms in total. The molecule has 0 fully saturated rings. The van der Waals surface area contributed by atoms with Gasteiger partial charge in [0.05, 0.1) is 0 Å². The van der Waals surface area contributed by atoms with Gasteiger partial charge in [0, 0.05) is 45.0 Å². The van der Waals surface area contributed by atoms with Gasteiger partial charge in [-0.25, -0.2) is 0 Å². The number of benzene rings is 10. The molecular formula is C82H78N2. The maximum absolute atomic E-state index is 4.18. The standard InChI is InChI=1S/C82H78N2/c1-9-12-14-48-82(49-15-13-10-2)79-53-64(30-46-75(79)76-47-32-66(54-80(76)82)65-31-45-74-73-44-18-56(5)50-77(73)81(7,8)78(74)52-65)62-27-41-70(42-28-62)83(68-35-21-58(22-36-68)57(6)11-3)69-37-23-59(24-38-69)60-25-39-71(40-26-60)84(67-33-16-55(4)17-34-67)72-43-29-61-19-20-63(61)51-72/h9-10,16-18,21-47,50-54,57H,1-2,11-15,19-20,48-49H2,3-8H3. The Morgan fingerprint density at radius 3 is 1.24 bits per heavy atom. The largest absolute Gasteiger partial charge is 0.311 e. The molecular weight excluding hydrogens is 1010 g/mol. The van der Waals surface area contributed by atoms with E-state index in [9.17, 15) is 0 Å². The molecule has 0 saturated carbocycles. The first-order valence-electron chi connectivity index (χ1n) is 30.9. The van der Waals surface area contributed by atoms with E-state index in [2.05, 4.69) is 289 Å². The van der Waals surface area contributed by atoms with E-state index in [0.717, 1.165) is 74.1 Å². The Hall–Kier alpha value is -8.72. The maximum atomic E-state index is 4.18. The number of anilines is 6. The highest BCUT2D eigenvalue weighted by atomic mass is 15.1. The zero-order chi connectivity index (χ0) is 57.7. The van der Waals surface area contributed by atoms with Gasteiger partial charge >= 0.3 is 0 Å². The zero-order valence-electron chi connectivity index (χ0n) is 50.1. The van der Waals surface area contributed by atoms with Crippen LogP contribution in [0.2, 0.25) is 0 Å². The van der Waals surface area contributed by atoms with Crippen molar-refractivity contribution in [1.29, 1.82) is 0 Å². The Kier molecular flexibility index (Phi) is 14.6. The number of hydrogen-bond donors (Lipinski definition) is 0. The van der Waals surface area contributed by atoms with Crippen LogP contribution in [0.5, 0.6) is 0 Å². The predicted molar refractivity (Wildman–Crippen MR) is 360 cm³/mol. The van der Waals surface area contributed by atoms with E-state index in [1.165, 1.54) is 124 Å². The number of unbranched alkanes of at least 4 members (excludes halogenated alkanes) is 2. The molecule has 0 aliphatic heterocycles. The van der Waals surface area contributed by atoms with E-state index in [0.29, 0.717) is 5.92 Å². The lowest BCUT2D eigenvalue weighted by molar-refractivity contribution is 0.422. The van der Waals surface area contributed by atoms with Crippen molar-refractivity contribution in [3.63, 3.8) is 0 Å². The second-order valence-corrected chi connectivity index (χ2v) is 24.9. The van der Waals surface area contributed by atoms with Crippen molar-refractivity contribution >= 4 is 34.1 Å². The number of fused-ring (bicyclic) bond motifs is 7. The van der Waals surface area contributed by atoms with Crippen LogP contribution in [0.25, 0.3) is 55.6 Å². The van der Waals surface area contributed by atoms with Crippen LogP contribution in [0, 0.1) is 13.8 Å². The minimum Gasteiger partial charge on any atom is -0.311 e. The Bertz CT molecular complexity index is 4070. The Morgan fingerprint density at radius 2 is 0.774 bits per heavy atom. The van der Waals surface area contributed by atoms with Crippen LogP contribution in [-0.4, -0.2) is 0 Å². The third-order valence-electron chi connectivity index (χ3n) is 19.3. The topological polar surface area (TPSA) is 6.48 Å². The highest BCUT2D eigenvalue weighted by Gasteiger charge is 2.43. The van der Waals surface area contributed by atoms with Crippen LogP contribution < -0.4 is 9.80 Å². The molecule has 0 heterocycles. The van der Waals surface area contributed by atoms with Gasteiger partial charge in [0.2, 0.25) is 0 Å². The first kappa shape index (κ1) is 54.5. The minimum absolute atomic E-state index is 0.0688. The molecule has 0 saturated heterocycles. The molecule has 2 heteroatoms. The molecule has 3 aliphatic rings. The summed E-state index contributed by atoms with van der Waals surface area (Å²) in [4.78, 5) is 4.80. The molecule has 10 aromatic carbocycles. The summed E-state index contributed by atoms with van der Waals surface area (Å²) in [6.45, 7) is 22.1. The number of hydrogen-bond acceptors (Lipinski definition) is 2. The molecule has 1 unspecified atom stereocenters. The van der Waals surface area contributed by atoms with Gasteiger partial charge in [0.25, 0.3) is 0 Å². The van der Waals surface area contributed by atoms with Crippen LogP contribution >= 0.6 is 0 Å². The summed E-state index contributed by atoms with van der Waals surface area (Å²) in [5.74, 6) is 0.496. The van der Waals surface area contributed by atoms with Gasteiger partial charge in [-0.1, -0.05) is 172 Å². The molecule has 10 aromatic rings. The van der Waals surface area contributed by atoms with Crippen molar-refractivity contribution < 1.29 is 0 Å². The van der Waals surface area contributed by atoms with E-state index < -0.39 is 0 Å². The van der Waals surface area contributed by atoms with Crippen LogP contribution in [0.3, 0.4) is 0 Å². The van der Waals surface area contributed by atoms with Crippen molar-refractivity contribution in [3.8, 4) is 55.6 Å². The molecule has 13 rings (SSSR count). The van der Waals surface area contributed by atoms with Crippen LogP contribution in [0.1, 0.15) is 129 Å². The Morgan fingerprint density at radius 1 is 0.405 bits per heavy atom. The number of nitrogens with zero attached hydrogens (tertiary/aromatic N) is 2. The lowest BCUT2D eigenvalue weighted by Crippen LogP contribution is -2.25. The average molecular weight is 1090 g/mol. The molecule has 3 aliphatic carbocycles. The van der Waals surface area contributed by atoms with Gasteiger partial charge < -0.3 is 9.80 Å². The van der Waals surface area contributed by atoms with Crippen LogP contribution in [0.15, 0.2) is 238 Å². The molecule has 0 radical (unpaired) electrons. The normalized spacial score (nSPS) is 14.1. The third kappa shape index (κ3) is 9.84. The molecule has 84 heavy (non-hydrogen) atoms. The summed E-state index contributed by atoms with van der Waals surface area (Å²) >= 11 is 0. The Labute approximate surface area is 500 Å². The monoisotopic (exact) mass is 1090 g/mol. The third-order valence-corrected chi connectivity index (χ3v) is 19.3. The summed E-state index contributed by atoms with van der Waals surface area (Å²) in [5, 5.41) is 0. The highest BCUT2D eigenvalue weighted by Crippen LogP contribution is 2.57. The van der Waals surface area contributed by atoms with Crippen molar-refractivity contribution in [1.82, 2.24) is 0 Å². The molecule has 0 amide bonds. The zero-order valence-corrected chi connectivity index (χ0v) is 50.1. The van der Waals surface area contributed by atoms with Crippen molar-refractivity contribution in [2.45, 2.75) is 116 Å². The first-order valence-corrected chi connectivity index (χ1v) is 30.9. The van der Waals surface area contributed by atoms with E-state index in [-0.39, 0.29) is 10.8 Å². The lowest BCUT2D eigenvalue weighted by atomic mass is 9.70. The molecule has 0 N–H and O–H groups in total. The lowest BCUT2D eigenvalue weighted by Gasteiger charge is -2.33. The molecule has 0 bridgehead atoms. The second kappa shape index (κ2) is 22.5. The van der Waals surface area contributed by atoms with Crippen LogP contribution in [-0.2, 0) is 23.7 Å². The molecule has 416 valence electrons. The van der Waals surface area contributed by atoms with E-state index in [1.54, 1.807) is 0 Å². The number of aryl methyl sites for hydroxylation is 4. The van der Waals surface area contributed by atoms with Crippen LogP contribution in [0.4, 0.5) is 34.1 Å². The van der Waals surface area contributed by atoms with Gasteiger partial charge in [-0.3, -0.25) is 0 Å². The van der Waals surface area contributed by atoms with Gasteiger partial charge in [-0.15, -0.1) is 13.2 Å². The fraction of sp³-hybridized carbons (Fsp3) is 0.220. The second-order valence-electron chi connectivity index (χ2n) is 24.9. The van der Waals surface area contributed by atoms with Crippen molar-refractivity contribution in [2.75, 3.05) is 9.80 Å². The Balaban J connectivity index is 0.825. The first-order chi connectivity index (χ1) is 40.9. The summed E-state index contributed by atoms with van der Waals surface area (Å²) in [5.41, 5.74) is 32.2. The number of rotatable bonds is 19. The van der Waals surface area contributed by atoms with E-state index in [1.807, 2.05) is 0 Å². The van der Waals surface area contributed by atoms with E-state index in [4.69, 9.17) is 0 Å². The van der Waals surface area contributed by atoms with Crippen molar-refractivity contribution in [2.24, 2.45) is 0 Å². The average Bonchev–Trinajstić information content (AvgIpc) is 1.73. The summed E-state index contributed by atoms with van der Waals surface area (Å²) < 4.78 is 0. The highest BCUT2D eigenvalue weighted by molar-refractivity contribution is 5.89. The molecule has 0 aromatic heterocycles. The van der Waals surface area contributed by atoms with Gasteiger partial charge in [0.15, 0.2) is 0 Å². The SMILES string of the molecule is C=CCCCC1(CCCC=C)c2cc(-c3ccc(N(c4ccc(-c5ccc(N(c6ccc(C)cc6)c6ccc7c(c6)CC7)cc5)cc4)c4ccc(C(C)CC)cc4)cc3)ccc2-c2ccc(-c3ccc4c(c3)C(C)(C)c3cc(C)ccc3-4)cc21.